The Hall–Kier alpha value is -3.61. The summed E-state index contributed by atoms with van der Waals surface area (Å²) in [4.78, 5) is 25.5. The lowest BCUT2D eigenvalue weighted by Gasteiger charge is -2.36. The van der Waals surface area contributed by atoms with Crippen molar-refractivity contribution in [2.24, 2.45) is 0 Å². The molecule has 2 fully saturated rings. The van der Waals surface area contributed by atoms with Gasteiger partial charge in [-0.3, -0.25) is 0 Å². The Kier molecular flexibility index (Phi) is 12.0. The number of nitrogens with one attached hydrogen (secondary N) is 1. The summed E-state index contributed by atoms with van der Waals surface area (Å²) in [6.07, 6.45) is -0.366. The van der Waals surface area contributed by atoms with Crippen molar-refractivity contribution in [3.63, 3.8) is 0 Å². The molecule has 8 nitrogen and oxygen atoms in total. The molecule has 0 atom stereocenters. The van der Waals surface area contributed by atoms with Crippen LogP contribution in [0.25, 0.3) is 21.5 Å². The Morgan fingerprint density at radius 2 is 1.16 bits per heavy atom. The third-order valence-electron chi connectivity index (χ3n) is 7.13. The van der Waals surface area contributed by atoms with Gasteiger partial charge >= 0.3 is 6.09 Å². The molecule has 14 heteroatoms. The molecular weight excluding hydrogens is 635 g/mol. The van der Waals surface area contributed by atoms with Crippen LogP contribution in [-0.4, -0.2) is 78.9 Å². The zero-order valence-electron chi connectivity index (χ0n) is 25.2. The molecule has 4 aromatic rings. The zero-order chi connectivity index (χ0) is 30.7. The van der Waals surface area contributed by atoms with Crippen LogP contribution in [0.2, 0.25) is 0 Å². The Labute approximate surface area is 271 Å². The molecule has 0 radical (unpaired) electrons. The lowest BCUT2D eigenvalue weighted by molar-refractivity contribution is 0.0240. The highest BCUT2D eigenvalue weighted by Crippen LogP contribution is 2.28. The summed E-state index contributed by atoms with van der Waals surface area (Å²) < 4.78 is 59.6. The van der Waals surface area contributed by atoms with Crippen LogP contribution >= 0.6 is 24.8 Å². The number of hydrogen-bond donors (Lipinski definition) is 1. The summed E-state index contributed by atoms with van der Waals surface area (Å²) in [5.74, 6) is -0.919. The second-order valence-electron chi connectivity index (χ2n) is 11.5. The fourth-order valence-corrected chi connectivity index (χ4v) is 5.13. The van der Waals surface area contributed by atoms with Gasteiger partial charge in [-0.25, -0.2) is 23.5 Å². The van der Waals surface area contributed by atoms with Crippen molar-refractivity contribution >= 4 is 64.1 Å². The Balaban J connectivity index is 0.000000246. The Bertz CT molecular complexity index is 1630. The van der Waals surface area contributed by atoms with E-state index in [9.17, 15) is 22.4 Å². The van der Waals surface area contributed by atoms with Gasteiger partial charge in [-0.15, -0.1) is 24.8 Å². The largest absolute Gasteiger partial charge is 0.444 e. The van der Waals surface area contributed by atoms with Gasteiger partial charge in [0, 0.05) is 75.3 Å². The molecule has 0 spiro atoms. The van der Waals surface area contributed by atoms with Gasteiger partial charge < -0.3 is 24.8 Å². The third-order valence-corrected chi connectivity index (χ3v) is 7.13. The van der Waals surface area contributed by atoms with Crippen LogP contribution in [0, 0.1) is 23.5 Å². The molecule has 2 saturated heterocycles. The predicted octanol–water partition coefficient (Wildman–Crippen LogP) is 6.34. The van der Waals surface area contributed by atoms with Crippen molar-refractivity contribution in [2.75, 3.05) is 62.2 Å². The van der Waals surface area contributed by atoms with E-state index in [0.29, 0.717) is 59.4 Å². The van der Waals surface area contributed by atoms with Crippen LogP contribution in [0.1, 0.15) is 20.8 Å². The van der Waals surface area contributed by atoms with Crippen LogP contribution in [0.5, 0.6) is 0 Å². The number of fused-ring (bicyclic) bond motifs is 2. The van der Waals surface area contributed by atoms with Gasteiger partial charge in [0.2, 0.25) is 11.9 Å². The number of halogens is 6. The van der Waals surface area contributed by atoms with Crippen LogP contribution in [0.4, 0.5) is 34.0 Å². The normalized spacial score (nSPS) is 15.1. The van der Waals surface area contributed by atoms with E-state index in [4.69, 9.17) is 4.74 Å². The standard InChI is InChI=1S/C18H21F2N3O2.C13H13F2N3.2ClH/c1-18(2,3)25-17(24)23-8-6-22(7-9-23)16-14-11-13(19)5-4-12(14)10-15(20)21-16;14-10-2-1-9-7-12(15)17-13(11(9)8-10)18-5-3-16-4-6-18;;/h4-5,10-11H,6-9H2,1-3H3;1-2,7-8,16H,3-6H2;2*1H. The van der Waals surface area contributed by atoms with Crippen LogP contribution in [0.3, 0.4) is 0 Å². The summed E-state index contributed by atoms with van der Waals surface area (Å²) in [5.41, 5.74) is -0.550. The molecule has 2 aliphatic heterocycles. The first-order chi connectivity index (χ1) is 20.5. The minimum absolute atomic E-state index is 0. The topological polar surface area (TPSA) is 73.8 Å². The van der Waals surface area contributed by atoms with E-state index in [2.05, 4.69) is 15.3 Å². The monoisotopic (exact) mass is 670 g/mol. The molecule has 244 valence electrons. The number of hydrogen-bond acceptors (Lipinski definition) is 7. The van der Waals surface area contributed by atoms with Gasteiger partial charge in [0.25, 0.3) is 0 Å². The van der Waals surface area contributed by atoms with Gasteiger partial charge in [0.05, 0.1) is 0 Å². The van der Waals surface area contributed by atoms with E-state index in [0.717, 1.165) is 26.2 Å². The number of aromatic nitrogens is 2. The lowest BCUT2D eigenvalue weighted by Crippen LogP contribution is -2.50. The predicted molar refractivity (Wildman–Crippen MR) is 173 cm³/mol. The molecule has 4 heterocycles. The maximum absolute atomic E-state index is 13.8. The number of rotatable bonds is 2. The zero-order valence-corrected chi connectivity index (χ0v) is 26.8. The van der Waals surface area contributed by atoms with Crippen molar-refractivity contribution in [1.82, 2.24) is 20.2 Å². The molecule has 2 aliphatic rings. The van der Waals surface area contributed by atoms with E-state index in [-0.39, 0.29) is 36.7 Å². The van der Waals surface area contributed by atoms with Gasteiger partial charge in [-0.2, -0.15) is 8.78 Å². The number of carbonyl (C=O) groups is 1. The SMILES string of the molecule is CC(C)(C)OC(=O)N1CCN(c2nc(F)cc3ccc(F)cc23)CC1.Cl.Cl.Fc1ccc2cc(F)nc(N3CCNCC3)c2c1. The Morgan fingerprint density at radius 1 is 0.711 bits per heavy atom. The highest BCUT2D eigenvalue weighted by atomic mass is 35.5. The summed E-state index contributed by atoms with van der Waals surface area (Å²) in [5, 5.41) is 5.72. The van der Waals surface area contributed by atoms with Crippen LogP contribution in [-0.2, 0) is 4.74 Å². The number of amides is 1. The van der Waals surface area contributed by atoms with E-state index in [1.807, 2.05) is 30.6 Å². The number of piperazine rings is 2. The fourth-order valence-electron chi connectivity index (χ4n) is 5.13. The maximum atomic E-state index is 13.8. The molecule has 0 unspecified atom stereocenters. The summed E-state index contributed by atoms with van der Waals surface area (Å²) in [7, 11) is 0. The summed E-state index contributed by atoms with van der Waals surface area (Å²) in [6, 6.07) is 11.2. The number of benzene rings is 2. The molecule has 2 aromatic heterocycles. The van der Waals surface area contributed by atoms with Crippen molar-refractivity contribution in [2.45, 2.75) is 26.4 Å². The first-order valence-electron chi connectivity index (χ1n) is 14.2. The summed E-state index contributed by atoms with van der Waals surface area (Å²) >= 11 is 0. The molecule has 1 amide bonds. The lowest BCUT2D eigenvalue weighted by atomic mass is 10.1. The molecule has 1 N–H and O–H groups in total. The van der Waals surface area contributed by atoms with E-state index < -0.39 is 23.3 Å². The minimum atomic E-state index is -0.608. The minimum Gasteiger partial charge on any atom is -0.444 e. The molecule has 45 heavy (non-hydrogen) atoms. The molecular formula is C31H36Cl2F4N6O2. The highest BCUT2D eigenvalue weighted by molar-refractivity contribution is 5.93. The van der Waals surface area contributed by atoms with E-state index in [1.54, 1.807) is 11.0 Å². The van der Waals surface area contributed by atoms with Crippen molar-refractivity contribution in [3.8, 4) is 0 Å². The molecule has 0 saturated carbocycles. The van der Waals surface area contributed by atoms with Gasteiger partial charge in [0.15, 0.2) is 0 Å². The second-order valence-corrected chi connectivity index (χ2v) is 11.5. The number of anilines is 2. The molecule has 0 aliphatic carbocycles. The quantitative estimate of drug-likeness (QED) is 0.197. The highest BCUT2D eigenvalue weighted by Gasteiger charge is 2.27. The number of ether oxygens (including phenoxy) is 1. The van der Waals surface area contributed by atoms with Crippen molar-refractivity contribution in [1.29, 1.82) is 0 Å². The van der Waals surface area contributed by atoms with Crippen molar-refractivity contribution in [3.05, 3.63) is 72.1 Å². The maximum Gasteiger partial charge on any atom is 0.410 e. The molecule has 0 bridgehead atoms. The average Bonchev–Trinajstić information content (AvgIpc) is 2.97. The smallest absolute Gasteiger partial charge is 0.410 e. The van der Waals surface area contributed by atoms with Crippen LogP contribution in [0.15, 0.2) is 48.5 Å². The molecule has 2 aromatic carbocycles. The number of nitrogens with zero attached hydrogens (tertiary/aromatic N) is 5. The number of carbonyl (C=O) groups excluding carboxylic acids is 1. The van der Waals surface area contributed by atoms with Crippen molar-refractivity contribution < 1.29 is 27.1 Å². The van der Waals surface area contributed by atoms with Gasteiger partial charge in [-0.1, -0.05) is 12.1 Å². The first kappa shape index (κ1) is 35.9. The van der Waals surface area contributed by atoms with E-state index in [1.165, 1.54) is 42.5 Å². The van der Waals surface area contributed by atoms with Gasteiger partial charge in [0.1, 0.15) is 28.9 Å². The van der Waals surface area contributed by atoms with Gasteiger partial charge in [-0.05, 0) is 55.8 Å². The third kappa shape index (κ3) is 8.99. The van der Waals surface area contributed by atoms with Crippen LogP contribution < -0.4 is 15.1 Å². The summed E-state index contributed by atoms with van der Waals surface area (Å²) in [6.45, 7) is 10.4. The number of pyridine rings is 2. The molecule has 6 rings (SSSR count). The average molecular weight is 672 g/mol. The Morgan fingerprint density at radius 3 is 1.60 bits per heavy atom. The second kappa shape index (κ2) is 15.1. The first-order valence-corrected chi connectivity index (χ1v) is 14.2. The fraction of sp³-hybridized carbons (Fsp3) is 0.387. The van der Waals surface area contributed by atoms with E-state index >= 15 is 0 Å².